The highest BCUT2D eigenvalue weighted by molar-refractivity contribution is 5.41. The van der Waals surface area contributed by atoms with Crippen molar-refractivity contribution in [3.05, 3.63) is 30.4 Å². The maximum atomic E-state index is 5.01. The average molecular weight is 123 g/mol. The Morgan fingerprint density at radius 1 is 1.67 bits per heavy atom. The first-order chi connectivity index (χ1) is 4.43. The van der Waals surface area contributed by atoms with Crippen molar-refractivity contribution < 1.29 is 4.42 Å². The number of hydrogen-bond donors (Lipinski definition) is 1. The largest absolute Gasteiger partial charge is 0.465 e. The molecule has 0 aromatic carbocycles. The zero-order valence-corrected chi connectivity index (χ0v) is 5.29. The van der Waals surface area contributed by atoms with Crippen LogP contribution in [-0.2, 0) is 0 Å². The van der Waals surface area contributed by atoms with Gasteiger partial charge < -0.3 is 9.73 Å². The summed E-state index contributed by atoms with van der Waals surface area (Å²) in [5, 5.41) is 2.87. The van der Waals surface area contributed by atoms with Gasteiger partial charge in [0.1, 0.15) is 5.76 Å². The quantitative estimate of drug-likeness (QED) is 0.644. The Labute approximate surface area is 54.2 Å². The molecule has 0 unspecified atom stereocenters. The minimum absolute atomic E-state index is 0.865. The van der Waals surface area contributed by atoms with Crippen molar-refractivity contribution in [1.29, 1.82) is 0 Å². The van der Waals surface area contributed by atoms with Crippen LogP contribution in [-0.4, -0.2) is 7.05 Å². The molecular weight excluding hydrogens is 114 g/mol. The Morgan fingerprint density at radius 2 is 2.56 bits per heavy atom. The summed E-state index contributed by atoms with van der Waals surface area (Å²) in [6.07, 6.45) is 5.33. The first kappa shape index (κ1) is 5.95. The van der Waals surface area contributed by atoms with Crippen molar-refractivity contribution in [2.45, 2.75) is 0 Å². The molecule has 1 aromatic heterocycles. The summed E-state index contributed by atoms with van der Waals surface area (Å²) in [5.41, 5.74) is 0. The fraction of sp³-hybridized carbons (Fsp3) is 0.143. The molecule has 0 bridgehead atoms. The normalized spacial score (nSPS) is 10.3. The Kier molecular flexibility index (Phi) is 1.96. The standard InChI is InChI=1S/C7H9NO/c1-8-5-4-7-3-2-6-9-7/h2-6,8H,1H3. The molecular formula is C7H9NO. The van der Waals surface area contributed by atoms with E-state index in [2.05, 4.69) is 5.32 Å². The molecule has 1 aromatic rings. The lowest BCUT2D eigenvalue weighted by molar-refractivity contribution is 0.556. The van der Waals surface area contributed by atoms with Gasteiger partial charge in [0.2, 0.25) is 0 Å². The van der Waals surface area contributed by atoms with Crippen LogP contribution in [0.2, 0.25) is 0 Å². The topological polar surface area (TPSA) is 25.2 Å². The van der Waals surface area contributed by atoms with Gasteiger partial charge in [-0.05, 0) is 24.4 Å². The van der Waals surface area contributed by atoms with Crippen LogP contribution in [0.25, 0.3) is 6.08 Å². The minimum Gasteiger partial charge on any atom is -0.465 e. The smallest absolute Gasteiger partial charge is 0.128 e. The predicted octanol–water partition coefficient (Wildman–Crippen LogP) is 1.47. The van der Waals surface area contributed by atoms with E-state index in [1.165, 1.54) is 0 Å². The van der Waals surface area contributed by atoms with Gasteiger partial charge in [0.25, 0.3) is 0 Å². The zero-order valence-electron chi connectivity index (χ0n) is 5.29. The van der Waals surface area contributed by atoms with Crippen molar-refractivity contribution >= 4 is 6.08 Å². The second-order valence-electron chi connectivity index (χ2n) is 1.64. The van der Waals surface area contributed by atoms with Crippen LogP contribution in [0.3, 0.4) is 0 Å². The Balaban J connectivity index is 2.57. The molecule has 0 aliphatic rings. The molecule has 2 nitrogen and oxygen atoms in total. The van der Waals surface area contributed by atoms with Gasteiger partial charge in [-0.25, -0.2) is 0 Å². The van der Waals surface area contributed by atoms with Crippen LogP contribution in [0, 0.1) is 0 Å². The van der Waals surface area contributed by atoms with Crippen LogP contribution in [0.1, 0.15) is 5.76 Å². The third kappa shape index (κ3) is 1.64. The van der Waals surface area contributed by atoms with E-state index in [-0.39, 0.29) is 0 Å². The van der Waals surface area contributed by atoms with Gasteiger partial charge >= 0.3 is 0 Å². The van der Waals surface area contributed by atoms with Crippen molar-refractivity contribution in [2.24, 2.45) is 0 Å². The monoisotopic (exact) mass is 123 g/mol. The lowest BCUT2D eigenvalue weighted by atomic mass is 10.4. The molecule has 0 amide bonds. The maximum Gasteiger partial charge on any atom is 0.128 e. The molecule has 0 aliphatic carbocycles. The van der Waals surface area contributed by atoms with E-state index in [0.29, 0.717) is 0 Å². The lowest BCUT2D eigenvalue weighted by Gasteiger charge is -1.82. The molecule has 0 atom stereocenters. The molecule has 0 saturated heterocycles. The van der Waals surface area contributed by atoms with E-state index < -0.39 is 0 Å². The van der Waals surface area contributed by atoms with Crippen LogP contribution < -0.4 is 5.32 Å². The summed E-state index contributed by atoms with van der Waals surface area (Å²) in [7, 11) is 1.85. The van der Waals surface area contributed by atoms with Crippen LogP contribution in [0.5, 0.6) is 0 Å². The van der Waals surface area contributed by atoms with Crippen LogP contribution in [0.15, 0.2) is 29.0 Å². The van der Waals surface area contributed by atoms with E-state index in [9.17, 15) is 0 Å². The molecule has 48 valence electrons. The van der Waals surface area contributed by atoms with Crippen LogP contribution >= 0.6 is 0 Å². The number of furan rings is 1. The van der Waals surface area contributed by atoms with Crippen LogP contribution in [0.4, 0.5) is 0 Å². The molecule has 0 aliphatic heterocycles. The molecule has 0 fully saturated rings. The van der Waals surface area contributed by atoms with E-state index in [4.69, 9.17) is 4.42 Å². The van der Waals surface area contributed by atoms with Gasteiger partial charge in [0.15, 0.2) is 0 Å². The Morgan fingerprint density at radius 3 is 3.11 bits per heavy atom. The fourth-order valence-corrected chi connectivity index (χ4v) is 0.552. The van der Waals surface area contributed by atoms with Gasteiger partial charge in [-0.15, -0.1) is 0 Å². The second-order valence-corrected chi connectivity index (χ2v) is 1.64. The Bertz CT molecular complexity index is 177. The number of nitrogens with one attached hydrogen (secondary N) is 1. The SMILES string of the molecule is CNC=Cc1ccco1. The molecule has 1 rings (SSSR count). The summed E-state index contributed by atoms with van der Waals surface area (Å²) >= 11 is 0. The summed E-state index contributed by atoms with van der Waals surface area (Å²) in [6.45, 7) is 0. The van der Waals surface area contributed by atoms with Crippen molar-refractivity contribution in [2.75, 3.05) is 7.05 Å². The van der Waals surface area contributed by atoms with Crippen molar-refractivity contribution in [3.63, 3.8) is 0 Å². The molecule has 9 heavy (non-hydrogen) atoms. The van der Waals surface area contributed by atoms with Gasteiger partial charge in [-0.3, -0.25) is 0 Å². The third-order valence-electron chi connectivity index (χ3n) is 0.957. The van der Waals surface area contributed by atoms with Gasteiger partial charge in [-0.2, -0.15) is 0 Å². The van der Waals surface area contributed by atoms with E-state index >= 15 is 0 Å². The first-order valence-corrected chi connectivity index (χ1v) is 2.81. The summed E-state index contributed by atoms with van der Waals surface area (Å²) in [4.78, 5) is 0. The molecule has 0 spiro atoms. The third-order valence-corrected chi connectivity index (χ3v) is 0.957. The highest BCUT2D eigenvalue weighted by atomic mass is 16.3. The molecule has 1 heterocycles. The first-order valence-electron chi connectivity index (χ1n) is 2.81. The van der Waals surface area contributed by atoms with E-state index in [1.54, 1.807) is 6.26 Å². The van der Waals surface area contributed by atoms with Gasteiger partial charge in [0.05, 0.1) is 6.26 Å². The molecule has 1 N–H and O–H groups in total. The highest BCUT2D eigenvalue weighted by Gasteiger charge is 1.83. The summed E-state index contributed by atoms with van der Waals surface area (Å²) in [6, 6.07) is 3.75. The van der Waals surface area contributed by atoms with Crippen molar-refractivity contribution in [3.8, 4) is 0 Å². The summed E-state index contributed by atoms with van der Waals surface area (Å²) < 4.78 is 5.01. The molecule has 2 heteroatoms. The second kappa shape index (κ2) is 2.97. The maximum absolute atomic E-state index is 5.01. The summed E-state index contributed by atoms with van der Waals surface area (Å²) in [5.74, 6) is 0.865. The van der Waals surface area contributed by atoms with E-state index in [0.717, 1.165) is 5.76 Å². The highest BCUT2D eigenvalue weighted by Crippen LogP contribution is 2.00. The lowest BCUT2D eigenvalue weighted by Crippen LogP contribution is -1.89. The molecule has 0 radical (unpaired) electrons. The fourth-order valence-electron chi connectivity index (χ4n) is 0.552. The van der Waals surface area contributed by atoms with Gasteiger partial charge in [0, 0.05) is 7.05 Å². The Hall–Kier alpha value is -1.18. The minimum atomic E-state index is 0.865. The number of hydrogen-bond acceptors (Lipinski definition) is 2. The number of rotatable bonds is 2. The zero-order chi connectivity index (χ0) is 6.53. The van der Waals surface area contributed by atoms with E-state index in [1.807, 2.05) is 31.5 Å². The molecule has 0 saturated carbocycles. The van der Waals surface area contributed by atoms with Gasteiger partial charge in [-0.1, -0.05) is 0 Å². The predicted molar refractivity (Wildman–Crippen MR) is 36.8 cm³/mol. The van der Waals surface area contributed by atoms with Crippen molar-refractivity contribution in [1.82, 2.24) is 5.32 Å². The average Bonchev–Trinajstić information content (AvgIpc) is 2.34.